The summed E-state index contributed by atoms with van der Waals surface area (Å²) in [6.07, 6.45) is 5.41. The number of carbonyl (C=O) groups is 1. The molecule has 2 N–H and O–H groups in total. The number of benzene rings is 1. The molecule has 1 saturated carbocycles. The molecule has 0 bridgehead atoms. The van der Waals surface area contributed by atoms with Crippen LogP contribution in [0.5, 0.6) is 0 Å². The van der Waals surface area contributed by atoms with Gasteiger partial charge in [0.2, 0.25) is 0 Å². The molecule has 0 aromatic heterocycles. The minimum absolute atomic E-state index is 0.350. The van der Waals surface area contributed by atoms with Gasteiger partial charge in [-0.15, -0.1) is 0 Å². The van der Waals surface area contributed by atoms with E-state index in [-0.39, 0.29) is 0 Å². The molecule has 20 heavy (non-hydrogen) atoms. The van der Waals surface area contributed by atoms with Gasteiger partial charge in [-0.3, -0.25) is 0 Å². The van der Waals surface area contributed by atoms with E-state index in [0.717, 1.165) is 23.9 Å². The standard InChI is InChI=1S/C17H25NO2/c1-12-5-3-4-6-16(12)13(2)18-11-14-7-9-15(10-8-14)17(19)20/h7-10,12-13,16,18H,3-6,11H2,1-2H3,(H,19,20). The Morgan fingerprint density at radius 1 is 1.30 bits per heavy atom. The highest BCUT2D eigenvalue weighted by atomic mass is 16.4. The molecule has 0 aliphatic heterocycles. The average molecular weight is 275 g/mol. The van der Waals surface area contributed by atoms with Crippen LogP contribution in [0.4, 0.5) is 0 Å². The first-order chi connectivity index (χ1) is 9.58. The Bertz CT molecular complexity index is 441. The molecule has 110 valence electrons. The molecule has 3 atom stereocenters. The summed E-state index contributed by atoms with van der Waals surface area (Å²) in [7, 11) is 0. The zero-order chi connectivity index (χ0) is 14.5. The number of nitrogens with one attached hydrogen (secondary N) is 1. The van der Waals surface area contributed by atoms with Crippen molar-refractivity contribution in [1.82, 2.24) is 5.32 Å². The molecule has 1 fully saturated rings. The van der Waals surface area contributed by atoms with Crippen molar-refractivity contribution in [3.63, 3.8) is 0 Å². The van der Waals surface area contributed by atoms with Crippen LogP contribution in [0.15, 0.2) is 24.3 Å². The van der Waals surface area contributed by atoms with Crippen LogP contribution in [0.25, 0.3) is 0 Å². The predicted octanol–water partition coefficient (Wildman–Crippen LogP) is 3.69. The first-order valence-electron chi connectivity index (χ1n) is 7.63. The average Bonchev–Trinajstić information content (AvgIpc) is 2.45. The van der Waals surface area contributed by atoms with Crippen molar-refractivity contribution in [2.75, 3.05) is 0 Å². The fraction of sp³-hybridized carbons (Fsp3) is 0.588. The Morgan fingerprint density at radius 3 is 2.55 bits per heavy atom. The Kier molecular flexibility index (Phi) is 5.18. The summed E-state index contributed by atoms with van der Waals surface area (Å²) < 4.78 is 0. The van der Waals surface area contributed by atoms with Crippen molar-refractivity contribution in [3.05, 3.63) is 35.4 Å². The van der Waals surface area contributed by atoms with E-state index >= 15 is 0 Å². The number of carboxylic acids is 1. The minimum Gasteiger partial charge on any atom is -0.478 e. The van der Waals surface area contributed by atoms with Gasteiger partial charge in [0, 0.05) is 12.6 Å². The van der Waals surface area contributed by atoms with Crippen LogP contribution in [0, 0.1) is 11.8 Å². The number of carboxylic acid groups (broad SMARTS) is 1. The van der Waals surface area contributed by atoms with Crippen LogP contribution < -0.4 is 5.32 Å². The lowest BCUT2D eigenvalue weighted by atomic mass is 9.77. The molecule has 0 amide bonds. The van der Waals surface area contributed by atoms with Gasteiger partial charge >= 0.3 is 5.97 Å². The first-order valence-corrected chi connectivity index (χ1v) is 7.63. The summed E-state index contributed by atoms with van der Waals surface area (Å²) in [5.41, 5.74) is 1.49. The van der Waals surface area contributed by atoms with Crippen molar-refractivity contribution in [1.29, 1.82) is 0 Å². The summed E-state index contributed by atoms with van der Waals surface area (Å²) in [4.78, 5) is 10.8. The van der Waals surface area contributed by atoms with Gasteiger partial charge in [-0.1, -0.05) is 38.3 Å². The van der Waals surface area contributed by atoms with Crippen LogP contribution in [-0.2, 0) is 6.54 Å². The highest BCUT2D eigenvalue weighted by molar-refractivity contribution is 5.87. The van der Waals surface area contributed by atoms with Gasteiger partial charge in [-0.05, 0) is 42.9 Å². The van der Waals surface area contributed by atoms with Gasteiger partial charge in [0.25, 0.3) is 0 Å². The Balaban J connectivity index is 1.86. The first kappa shape index (κ1) is 15.0. The van der Waals surface area contributed by atoms with Crippen LogP contribution in [0.1, 0.15) is 55.5 Å². The third-order valence-electron chi connectivity index (χ3n) is 4.65. The summed E-state index contributed by atoms with van der Waals surface area (Å²) in [5.74, 6) is 0.705. The highest BCUT2D eigenvalue weighted by Crippen LogP contribution is 2.31. The molecule has 1 aromatic rings. The largest absolute Gasteiger partial charge is 0.478 e. The molecule has 0 spiro atoms. The van der Waals surface area contributed by atoms with Crippen LogP contribution >= 0.6 is 0 Å². The summed E-state index contributed by atoms with van der Waals surface area (Å²) in [6.45, 7) is 5.45. The smallest absolute Gasteiger partial charge is 0.335 e. The lowest BCUT2D eigenvalue weighted by Gasteiger charge is -2.34. The lowest BCUT2D eigenvalue weighted by molar-refractivity contribution is 0.0697. The van der Waals surface area contributed by atoms with Crippen molar-refractivity contribution < 1.29 is 9.90 Å². The molecular weight excluding hydrogens is 250 g/mol. The number of hydrogen-bond acceptors (Lipinski definition) is 2. The number of aromatic carboxylic acids is 1. The second-order valence-electron chi connectivity index (χ2n) is 6.10. The predicted molar refractivity (Wildman–Crippen MR) is 80.8 cm³/mol. The zero-order valence-electron chi connectivity index (χ0n) is 12.4. The normalized spacial score (nSPS) is 24.3. The zero-order valence-corrected chi connectivity index (χ0v) is 12.4. The number of rotatable bonds is 5. The van der Waals surface area contributed by atoms with Crippen LogP contribution in [0.2, 0.25) is 0 Å². The van der Waals surface area contributed by atoms with Crippen LogP contribution in [-0.4, -0.2) is 17.1 Å². The van der Waals surface area contributed by atoms with Crippen molar-refractivity contribution in [2.45, 2.75) is 52.1 Å². The molecular formula is C17H25NO2. The van der Waals surface area contributed by atoms with Gasteiger partial charge in [-0.2, -0.15) is 0 Å². The van der Waals surface area contributed by atoms with E-state index in [1.165, 1.54) is 25.7 Å². The second-order valence-corrected chi connectivity index (χ2v) is 6.10. The molecule has 0 radical (unpaired) electrons. The van der Waals surface area contributed by atoms with E-state index < -0.39 is 5.97 Å². The third-order valence-corrected chi connectivity index (χ3v) is 4.65. The Hall–Kier alpha value is -1.35. The van der Waals surface area contributed by atoms with E-state index in [0.29, 0.717) is 11.6 Å². The molecule has 2 rings (SSSR count). The molecule has 0 saturated heterocycles. The SMILES string of the molecule is CC1CCCCC1C(C)NCc1ccc(C(=O)O)cc1. The van der Waals surface area contributed by atoms with Gasteiger partial charge in [0.1, 0.15) is 0 Å². The van der Waals surface area contributed by atoms with Crippen molar-refractivity contribution in [3.8, 4) is 0 Å². The molecule has 3 nitrogen and oxygen atoms in total. The topological polar surface area (TPSA) is 49.3 Å². The minimum atomic E-state index is -0.867. The Labute approximate surface area is 121 Å². The molecule has 0 heterocycles. The summed E-state index contributed by atoms with van der Waals surface area (Å²) in [6, 6.07) is 7.66. The maximum Gasteiger partial charge on any atom is 0.335 e. The monoisotopic (exact) mass is 275 g/mol. The van der Waals surface area contributed by atoms with Crippen molar-refractivity contribution in [2.24, 2.45) is 11.8 Å². The van der Waals surface area contributed by atoms with E-state index in [2.05, 4.69) is 19.2 Å². The molecule has 3 unspecified atom stereocenters. The van der Waals surface area contributed by atoms with Crippen molar-refractivity contribution >= 4 is 5.97 Å². The Morgan fingerprint density at radius 2 is 1.95 bits per heavy atom. The second kappa shape index (κ2) is 6.89. The van der Waals surface area contributed by atoms with E-state index in [1.54, 1.807) is 12.1 Å². The fourth-order valence-corrected chi connectivity index (χ4v) is 3.28. The fourth-order valence-electron chi connectivity index (χ4n) is 3.28. The quantitative estimate of drug-likeness (QED) is 0.861. The van der Waals surface area contributed by atoms with Gasteiger partial charge in [-0.25, -0.2) is 4.79 Å². The number of hydrogen-bond donors (Lipinski definition) is 2. The third kappa shape index (κ3) is 3.83. The maximum absolute atomic E-state index is 10.8. The maximum atomic E-state index is 10.8. The van der Waals surface area contributed by atoms with Gasteiger partial charge < -0.3 is 10.4 Å². The van der Waals surface area contributed by atoms with E-state index in [1.807, 2.05) is 12.1 Å². The molecule has 1 aromatic carbocycles. The van der Waals surface area contributed by atoms with E-state index in [4.69, 9.17) is 5.11 Å². The summed E-state index contributed by atoms with van der Waals surface area (Å²) in [5, 5.41) is 12.5. The van der Waals surface area contributed by atoms with Crippen LogP contribution in [0.3, 0.4) is 0 Å². The van der Waals surface area contributed by atoms with E-state index in [9.17, 15) is 4.79 Å². The molecule has 1 aliphatic carbocycles. The summed E-state index contributed by atoms with van der Waals surface area (Å²) >= 11 is 0. The molecule has 3 heteroatoms. The van der Waals surface area contributed by atoms with Gasteiger partial charge in [0.05, 0.1) is 5.56 Å². The van der Waals surface area contributed by atoms with Gasteiger partial charge in [0.15, 0.2) is 0 Å². The molecule has 1 aliphatic rings. The highest BCUT2D eigenvalue weighted by Gasteiger charge is 2.25. The lowest BCUT2D eigenvalue weighted by Crippen LogP contribution is -2.37.